The molecule has 0 fully saturated rings. The number of benzene rings is 2. The molecule has 0 unspecified atom stereocenters. The van der Waals surface area contributed by atoms with Gasteiger partial charge >= 0.3 is 12.0 Å². The number of esters is 1. The molecule has 2 N–H and O–H groups in total. The molecule has 3 rings (SSSR count). The Labute approximate surface area is 196 Å². The van der Waals surface area contributed by atoms with E-state index < -0.39 is 22.8 Å². The largest absolute Gasteiger partial charge is 0.459 e. The third kappa shape index (κ3) is 5.06. The van der Waals surface area contributed by atoms with Crippen molar-refractivity contribution in [3.63, 3.8) is 0 Å². The number of carbonyl (C=O) groups is 3. The van der Waals surface area contributed by atoms with Crippen molar-refractivity contribution >= 4 is 29.3 Å². The molecule has 10 heteroatoms. The first-order valence-electron chi connectivity index (χ1n) is 10.6. The predicted molar refractivity (Wildman–Crippen MR) is 125 cm³/mol. The van der Waals surface area contributed by atoms with Gasteiger partial charge in [0.05, 0.1) is 22.6 Å². The van der Waals surface area contributed by atoms with Gasteiger partial charge in [0.2, 0.25) is 0 Å². The summed E-state index contributed by atoms with van der Waals surface area (Å²) in [7, 11) is 1.56. The van der Waals surface area contributed by atoms with Crippen LogP contribution in [0.4, 0.5) is 16.2 Å². The minimum Gasteiger partial charge on any atom is -0.459 e. The first-order valence-corrected chi connectivity index (χ1v) is 10.6. The summed E-state index contributed by atoms with van der Waals surface area (Å²) in [4.78, 5) is 50.0. The van der Waals surface area contributed by atoms with E-state index in [9.17, 15) is 24.5 Å². The molecule has 0 aliphatic carbocycles. The number of nitro benzene ring substituents is 1. The summed E-state index contributed by atoms with van der Waals surface area (Å²) in [5.41, 5.74) is 2.13. The van der Waals surface area contributed by atoms with Gasteiger partial charge in [-0.2, -0.15) is 0 Å². The molecule has 1 atom stereocenters. The second-order valence-corrected chi connectivity index (χ2v) is 8.23. The Kier molecular flexibility index (Phi) is 7.00. The maximum atomic E-state index is 12.8. The second-order valence-electron chi connectivity index (χ2n) is 8.23. The van der Waals surface area contributed by atoms with Crippen LogP contribution in [0.15, 0.2) is 53.7 Å². The number of allylic oxidation sites excluding steroid dienone is 1. The Morgan fingerprint density at radius 1 is 1.18 bits per heavy atom. The molecule has 0 saturated carbocycles. The molecule has 34 heavy (non-hydrogen) atoms. The molecule has 2 aromatic rings. The Morgan fingerprint density at radius 3 is 2.53 bits per heavy atom. The summed E-state index contributed by atoms with van der Waals surface area (Å²) in [6.07, 6.45) is -0.347. The molecule has 10 nitrogen and oxygen atoms in total. The highest BCUT2D eigenvalue weighted by Crippen LogP contribution is 2.32. The van der Waals surface area contributed by atoms with Crippen LogP contribution >= 0.6 is 0 Å². The van der Waals surface area contributed by atoms with Crippen molar-refractivity contribution in [2.45, 2.75) is 39.8 Å². The predicted octanol–water partition coefficient (Wildman–Crippen LogP) is 4.08. The Morgan fingerprint density at radius 2 is 1.88 bits per heavy atom. The number of carbonyl (C=O) groups excluding carboxylic acids is 3. The molecule has 0 spiro atoms. The molecule has 0 bridgehead atoms. The highest BCUT2D eigenvalue weighted by atomic mass is 16.6. The van der Waals surface area contributed by atoms with Gasteiger partial charge in [0.15, 0.2) is 0 Å². The van der Waals surface area contributed by atoms with Crippen LogP contribution in [0.1, 0.15) is 48.3 Å². The van der Waals surface area contributed by atoms with Gasteiger partial charge < -0.3 is 20.3 Å². The fraction of sp³-hybridized carbons (Fsp3) is 0.292. The number of hydrogen-bond donors (Lipinski definition) is 2. The quantitative estimate of drug-likeness (QED) is 0.375. The van der Waals surface area contributed by atoms with E-state index in [2.05, 4.69) is 10.6 Å². The number of urea groups is 1. The van der Waals surface area contributed by atoms with Crippen LogP contribution in [0, 0.1) is 17.0 Å². The number of anilines is 1. The monoisotopic (exact) mass is 466 g/mol. The van der Waals surface area contributed by atoms with E-state index in [1.807, 2.05) is 0 Å². The number of nitro groups is 1. The summed E-state index contributed by atoms with van der Waals surface area (Å²) in [6, 6.07) is 9.74. The van der Waals surface area contributed by atoms with E-state index in [0.717, 1.165) is 0 Å². The minimum atomic E-state index is -0.785. The fourth-order valence-corrected chi connectivity index (χ4v) is 3.57. The standard InChI is InChI=1S/C24H26N4O6/c1-13(2)34-23(30)20-15(4)27(5)24(31)26-21(20)16-7-6-8-18(11-16)25-22(29)17-10-9-14(3)19(12-17)28(32)33/h6-13,21H,1-5H3,(H,25,29)(H,26,31)/t21-/m1/s1. The molecule has 3 amide bonds. The number of hydrogen-bond acceptors (Lipinski definition) is 6. The highest BCUT2D eigenvalue weighted by molar-refractivity contribution is 6.05. The Bertz CT molecular complexity index is 1200. The topological polar surface area (TPSA) is 131 Å². The summed E-state index contributed by atoms with van der Waals surface area (Å²) in [5, 5.41) is 16.7. The Balaban J connectivity index is 1.92. The third-order valence-electron chi connectivity index (χ3n) is 5.46. The van der Waals surface area contributed by atoms with Crippen molar-refractivity contribution in [3.05, 3.63) is 80.5 Å². The number of aryl methyl sites for hydroxylation is 1. The van der Waals surface area contributed by atoms with Crippen LogP contribution in [-0.4, -0.2) is 40.9 Å². The lowest BCUT2D eigenvalue weighted by Crippen LogP contribution is -2.46. The third-order valence-corrected chi connectivity index (χ3v) is 5.46. The van der Waals surface area contributed by atoms with Crippen LogP contribution in [0.5, 0.6) is 0 Å². The average molecular weight is 466 g/mol. The lowest BCUT2D eigenvalue weighted by molar-refractivity contribution is -0.385. The summed E-state index contributed by atoms with van der Waals surface area (Å²) < 4.78 is 5.39. The highest BCUT2D eigenvalue weighted by Gasteiger charge is 2.35. The van der Waals surface area contributed by atoms with Crippen molar-refractivity contribution in [2.75, 3.05) is 12.4 Å². The van der Waals surface area contributed by atoms with E-state index in [0.29, 0.717) is 22.5 Å². The van der Waals surface area contributed by atoms with E-state index in [1.54, 1.807) is 59.0 Å². The van der Waals surface area contributed by atoms with Crippen LogP contribution in [-0.2, 0) is 9.53 Å². The van der Waals surface area contributed by atoms with Gasteiger partial charge in [-0.15, -0.1) is 0 Å². The van der Waals surface area contributed by atoms with E-state index >= 15 is 0 Å². The van der Waals surface area contributed by atoms with Gasteiger partial charge in [-0.1, -0.05) is 18.2 Å². The molecule has 1 aliphatic rings. The molecule has 1 heterocycles. The normalized spacial score (nSPS) is 15.8. The maximum Gasteiger partial charge on any atom is 0.338 e. The molecule has 0 aromatic heterocycles. The molecular weight excluding hydrogens is 440 g/mol. The smallest absolute Gasteiger partial charge is 0.338 e. The minimum absolute atomic E-state index is 0.132. The van der Waals surface area contributed by atoms with Crippen LogP contribution < -0.4 is 10.6 Å². The van der Waals surface area contributed by atoms with Gasteiger partial charge in [0.1, 0.15) is 0 Å². The van der Waals surface area contributed by atoms with Crippen molar-refractivity contribution in [1.82, 2.24) is 10.2 Å². The number of amides is 3. The molecule has 178 valence electrons. The Hall–Kier alpha value is -4.21. The number of rotatable bonds is 6. The molecule has 0 radical (unpaired) electrons. The van der Waals surface area contributed by atoms with Crippen molar-refractivity contribution in [3.8, 4) is 0 Å². The van der Waals surface area contributed by atoms with Gasteiger partial charge in [-0.25, -0.2) is 9.59 Å². The molecule has 2 aromatic carbocycles. The molecular formula is C24H26N4O6. The van der Waals surface area contributed by atoms with Crippen LogP contribution in [0.2, 0.25) is 0 Å². The zero-order valence-electron chi connectivity index (χ0n) is 19.5. The summed E-state index contributed by atoms with van der Waals surface area (Å²) >= 11 is 0. The lowest BCUT2D eigenvalue weighted by atomic mass is 9.94. The van der Waals surface area contributed by atoms with E-state index in [4.69, 9.17) is 4.74 Å². The second kappa shape index (κ2) is 9.74. The number of nitrogens with one attached hydrogen (secondary N) is 2. The van der Waals surface area contributed by atoms with Gasteiger partial charge in [0.25, 0.3) is 11.6 Å². The van der Waals surface area contributed by atoms with Crippen molar-refractivity contribution in [2.24, 2.45) is 0 Å². The molecule has 1 aliphatic heterocycles. The zero-order valence-corrected chi connectivity index (χ0v) is 19.5. The number of nitrogens with zero attached hydrogens (tertiary/aromatic N) is 2. The average Bonchev–Trinajstić information content (AvgIpc) is 2.76. The van der Waals surface area contributed by atoms with Gasteiger partial charge in [0, 0.05) is 35.6 Å². The lowest BCUT2D eigenvalue weighted by Gasteiger charge is -2.33. The van der Waals surface area contributed by atoms with Crippen molar-refractivity contribution in [1.29, 1.82) is 0 Å². The van der Waals surface area contributed by atoms with Crippen LogP contribution in [0.3, 0.4) is 0 Å². The summed E-state index contributed by atoms with van der Waals surface area (Å²) in [6.45, 7) is 6.73. The maximum absolute atomic E-state index is 12.8. The fourth-order valence-electron chi connectivity index (χ4n) is 3.57. The SMILES string of the molecule is CC1=C(C(=O)OC(C)C)[C@@H](c2cccc(NC(=O)c3ccc(C)c([N+](=O)[O-])c3)c2)NC(=O)N1C. The zero-order chi connectivity index (χ0) is 25.2. The molecule has 0 saturated heterocycles. The van der Waals surface area contributed by atoms with E-state index in [-0.39, 0.29) is 29.0 Å². The van der Waals surface area contributed by atoms with E-state index in [1.165, 1.54) is 23.1 Å². The number of ether oxygens (including phenoxy) is 1. The first kappa shape index (κ1) is 24.4. The summed E-state index contributed by atoms with van der Waals surface area (Å²) in [5.74, 6) is -1.08. The van der Waals surface area contributed by atoms with Crippen LogP contribution in [0.25, 0.3) is 0 Å². The van der Waals surface area contributed by atoms with Gasteiger partial charge in [-0.3, -0.25) is 14.9 Å². The van der Waals surface area contributed by atoms with Gasteiger partial charge in [-0.05, 0) is 51.5 Å². The van der Waals surface area contributed by atoms with Crippen molar-refractivity contribution < 1.29 is 24.0 Å². The first-order chi connectivity index (χ1) is 16.0.